The average molecular weight is 943 g/mol. The highest BCUT2D eigenvalue weighted by molar-refractivity contribution is 8.08. The predicted molar refractivity (Wildman–Crippen MR) is 240 cm³/mol. The van der Waals surface area contributed by atoms with Crippen LogP contribution in [0, 0.1) is 11.8 Å². The van der Waals surface area contributed by atoms with Gasteiger partial charge < -0.3 is 58.6 Å². The van der Waals surface area contributed by atoms with Crippen LogP contribution in [0.4, 0.5) is 0 Å². The van der Waals surface area contributed by atoms with Crippen molar-refractivity contribution in [3.05, 3.63) is 33.1 Å². The van der Waals surface area contributed by atoms with Crippen LogP contribution >= 0.6 is 22.4 Å². The molecule has 2 unspecified atom stereocenters. The molecule has 0 aliphatic carbocycles. The molecule has 60 heavy (non-hydrogen) atoms. The van der Waals surface area contributed by atoms with Crippen molar-refractivity contribution in [1.29, 1.82) is 0 Å². The van der Waals surface area contributed by atoms with Gasteiger partial charge in [-0.2, -0.15) is 4.31 Å². The van der Waals surface area contributed by atoms with Gasteiger partial charge in [0, 0.05) is 12.3 Å². The summed E-state index contributed by atoms with van der Waals surface area (Å²) in [7, 11) is -11.1. The van der Waals surface area contributed by atoms with E-state index in [1.165, 1.54) is 85.5 Å². The Morgan fingerprint density at radius 2 is 1.12 bits per heavy atom. The minimum absolute atomic E-state index is 0.719. The van der Waals surface area contributed by atoms with E-state index in [4.69, 9.17) is 19.0 Å². The monoisotopic (exact) mass is 942 g/mol. The fourth-order valence-electron chi connectivity index (χ4n) is 5.28. The van der Waals surface area contributed by atoms with E-state index in [2.05, 4.69) is 135 Å². The minimum atomic E-state index is -5.57. The Balaban J connectivity index is -0.000000930. The van der Waals surface area contributed by atoms with Crippen LogP contribution < -0.4 is 11.2 Å². The predicted octanol–water partition coefficient (Wildman–Crippen LogP) is 3.40. The lowest BCUT2D eigenvalue weighted by Crippen LogP contribution is -2.48. The van der Waals surface area contributed by atoms with E-state index in [9.17, 15) is 38.7 Å². The molecule has 0 aromatic carbocycles. The Kier molecular flexibility index (Phi) is 35.0. The molecule has 1 aromatic heterocycles. The minimum Gasteiger partial charge on any atom is -0.386 e. The molecular weight excluding hydrogens is 865 g/mol. The zero-order valence-corrected chi connectivity index (χ0v) is 41.5. The molecule has 20 nitrogen and oxygen atoms in total. The maximum absolute atomic E-state index is 12.1. The van der Waals surface area contributed by atoms with Crippen molar-refractivity contribution >= 4 is 34.2 Å². The van der Waals surface area contributed by atoms with Gasteiger partial charge in [-0.1, -0.05) is 89.0 Å². The first-order valence-electron chi connectivity index (χ1n) is 20.4. The van der Waals surface area contributed by atoms with Gasteiger partial charge in [0.2, 0.25) is 0 Å². The second kappa shape index (κ2) is 33.3. The largest absolute Gasteiger partial charge is 0.488 e. The fourth-order valence-corrected chi connectivity index (χ4v) is 9.25. The Hall–Kier alpha value is -1.21. The SMILES string of the molecule is CC#C[C@@]1(O)[C@H](O)[C@@H](COP(O)(=S)OP(=O)(O)OP(=O)(O)O)O[C@H]1n1ccc(=O)[nH]c1=O.CCN(CC)CC.CCN(CC)CC.CCN(CC)CC.CCN(CC)CC. The summed E-state index contributed by atoms with van der Waals surface area (Å²) in [4.78, 5) is 71.0. The quantitative estimate of drug-likeness (QED) is 0.0730. The number of nitrogens with one attached hydrogen (secondary N) is 1. The molecule has 24 heteroatoms. The number of nitrogens with zero attached hydrogens (tertiary/aromatic N) is 5. The highest BCUT2D eigenvalue weighted by Gasteiger charge is 2.56. The number of phosphoric acid groups is 2. The smallest absolute Gasteiger partial charge is 0.386 e. The third-order valence-corrected chi connectivity index (χ3v) is 13.8. The molecule has 0 bridgehead atoms. The van der Waals surface area contributed by atoms with Crippen molar-refractivity contribution in [3.63, 3.8) is 0 Å². The molecule has 2 heterocycles. The average Bonchev–Trinajstić information content (AvgIpc) is 3.41. The molecule has 1 aliphatic rings. The standard InChI is InChI=1S/C12H17N2O14P3S.4C6H15N/c1-2-4-12(18)9(16)7(26-10(12)14-5-3-8(15)13-11(14)17)6-25-31(24,32)28-30(22,23)27-29(19,20)21;4*1-4-7(5-2)6-3/h3,5,7,9-10,16,18H,6H2,1H3,(H,22,23)(H,24,32)(H,13,15,17)(H2,19,20,21);4*4-6H2,1-3H3/t7-,9-,10-,12-,31?;;;;/m1..../s1. The summed E-state index contributed by atoms with van der Waals surface area (Å²) in [5.41, 5.74) is -4.18. The molecule has 7 N–H and O–H groups in total. The van der Waals surface area contributed by atoms with E-state index < -0.39 is 64.3 Å². The van der Waals surface area contributed by atoms with Crippen LogP contribution in [0.15, 0.2) is 21.9 Å². The molecule has 1 aromatic rings. The third kappa shape index (κ3) is 26.4. The summed E-state index contributed by atoms with van der Waals surface area (Å²) in [6, 6.07) is 0.932. The van der Waals surface area contributed by atoms with Gasteiger partial charge in [-0.15, -0.1) is 5.92 Å². The molecule has 1 fully saturated rings. The molecule has 0 radical (unpaired) electrons. The molecule has 0 amide bonds. The summed E-state index contributed by atoms with van der Waals surface area (Å²) in [6.45, 7) is 36.2. The second-order valence-electron chi connectivity index (χ2n) is 12.6. The number of aromatic amines is 1. The van der Waals surface area contributed by atoms with E-state index in [-0.39, 0.29) is 0 Å². The molecule has 1 aliphatic heterocycles. The molecule has 0 spiro atoms. The highest BCUT2D eigenvalue weighted by Crippen LogP contribution is 2.66. The number of aliphatic hydroxyl groups excluding tert-OH is 1. The van der Waals surface area contributed by atoms with Crippen molar-refractivity contribution in [2.75, 3.05) is 85.1 Å². The molecule has 356 valence electrons. The Morgan fingerprint density at radius 1 is 0.750 bits per heavy atom. The van der Waals surface area contributed by atoms with Crippen LogP contribution in [0.5, 0.6) is 0 Å². The van der Waals surface area contributed by atoms with Crippen LogP contribution in [-0.4, -0.2) is 162 Å². The van der Waals surface area contributed by atoms with Crippen LogP contribution in [0.3, 0.4) is 0 Å². The summed E-state index contributed by atoms with van der Waals surface area (Å²) in [5.74, 6) is 4.61. The summed E-state index contributed by atoms with van der Waals surface area (Å²) in [5, 5.41) is 21.3. The summed E-state index contributed by atoms with van der Waals surface area (Å²) < 4.78 is 40.6. The second-order valence-corrected chi connectivity index (χ2v) is 18.4. The number of aliphatic hydroxyl groups is 2. The molecule has 1 saturated heterocycles. The van der Waals surface area contributed by atoms with Gasteiger partial charge in [-0.25, -0.2) is 18.2 Å². The number of rotatable bonds is 20. The van der Waals surface area contributed by atoms with Gasteiger partial charge in [0.05, 0.1) is 6.61 Å². The van der Waals surface area contributed by atoms with Crippen LogP contribution in [0.1, 0.15) is 96.2 Å². The molecule has 0 saturated carbocycles. The highest BCUT2D eigenvalue weighted by atomic mass is 32.5. The Morgan fingerprint density at radius 3 is 1.40 bits per heavy atom. The Labute approximate surface area is 363 Å². The lowest BCUT2D eigenvalue weighted by molar-refractivity contribution is -0.0758. The van der Waals surface area contributed by atoms with Crippen LogP contribution in [0.25, 0.3) is 0 Å². The molecule has 6 atom stereocenters. The number of hydrogen-bond acceptors (Lipinski definition) is 15. The zero-order valence-electron chi connectivity index (χ0n) is 38.0. The summed E-state index contributed by atoms with van der Waals surface area (Å²) in [6.07, 6.45) is -4.18. The van der Waals surface area contributed by atoms with Gasteiger partial charge >= 0.3 is 28.1 Å². The van der Waals surface area contributed by atoms with Gasteiger partial charge in [-0.05, 0) is 97.3 Å². The topological polar surface area (TPSA) is 260 Å². The summed E-state index contributed by atoms with van der Waals surface area (Å²) >= 11 is 4.45. The Bertz CT molecular complexity index is 1520. The van der Waals surface area contributed by atoms with E-state index in [1.807, 2.05) is 4.98 Å². The number of H-pyrrole nitrogens is 1. The van der Waals surface area contributed by atoms with Crippen LogP contribution in [-0.2, 0) is 38.8 Å². The van der Waals surface area contributed by atoms with E-state index in [0.717, 1.165) is 16.8 Å². The first kappa shape index (κ1) is 63.1. The lowest BCUT2D eigenvalue weighted by atomic mass is 9.94. The van der Waals surface area contributed by atoms with Crippen molar-refractivity contribution < 1.29 is 56.8 Å². The van der Waals surface area contributed by atoms with E-state index >= 15 is 0 Å². The van der Waals surface area contributed by atoms with Gasteiger partial charge in [0.15, 0.2) is 11.8 Å². The first-order chi connectivity index (χ1) is 27.9. The van der Waals surface area contributed by atoms with E-state index in [1.54, 1.807) is 0 Å². The normalized spacial score (nSPS) is 20.6. The number of ether oxygens (including phenoxy) is 1. The van der Waals surface area contributed by atoms with Crippen LogP contribution in [0.2, 0.25) is 0 Å². The van der Waals surface area contributed by atoms with E-state index in [0.29, 0.717) is 0 Å². The molecule has 2 rings (SSSR count). The van der Waals surface area contributed by atoms with Crippen molar-refractivity contribution in [3.8, 4) is 11.8 Å². The maximum atomic E-state index is 12.1. The van der Waals surface area contributed by atoms with Gasteiger partial charge in [0.25, 0.3) is 5.56 Å². The zero-order chi connectivity index (χ0) is 47.3. The van der Waals surface area contributed by atoms with Gasteiger partial charge in [-0.3, -0.25) is 14.3 Å². The maximum Gasteiger partial charge on any atom is 0.488 e. The fraction of sp³-hybridized carbons (Fsp3) is 0.833. The lowest BCUT2D eigenvalue weighted by Gasteiger charge is -2.26. The van der Waals surface area contributed by atoms with Crippen molar-refractivity contribution in [2.45, 2.75) is 114 Å². The number of hydrogen-bond donors (Lipinski definition) is 7. The van der Waals surface area contributed by atoms with Crippen molar-refractivity contribution in [1.82, 2.24) is 29.2 Å². The van der Waals surface area contributed by atoms with Gasteiger partial charge in [0.1, 0.15) is 12.2 Å². The number of aromatic nitrogens is 2. The van der Waals surface area contributed by atoms with Crippen molar-refractivity contribution in [2.24, 2.45) is 0 Å². The first-order valence-corrected chi connectivity index (χ1v) is 26.0. The third-order valence-electron chi connectivity index (χ3n) is 9.10. The molecular formula is C36H77N6O14P3S.